The first-order chi connectivity index (χ1) is 15.2. The Hall–Kier alpha value is -2.05. The van der Waals surface area contributed by atoms with Gasteiger partial charge in [0, 0.05) is 49.5 Å². The molecule has 2 aliphatic heterocycles. The lowest BCUT2D eigenvalue weighted by atomic mass is 10.2. The highest BCUT2D eigenvalue weighted by Gasteiger charge is 2.28. The number of sulfonamides is 2. The molecule has 0 radical (unpaired) electrons. The van der Waals surface area contributed by atoms with Crippen molar-refractivity contribution < 1.29 is 26.3 Å². The van der Waals surface area contributed by atoms with Crippen LogP contribution in [-0.2, 0) is 20.0 Å². The van der Waals surface area contributed by atoms with Gasteiger partial charge in [-0.15, -0.1) is 0 Å². The molecule has 12 heteroatoms. The molecule has 174 valence electrons. The maximum atomic E-state index is 12.7. The number of hydrogen-bond acceptors (Lipinski definition) is 7. The van der Waals surface area contributed by atoms with Crippen LogP contribution in [-0.4, -0.2) is 72.8 Å². The van der Waals surface area contributed by atoms with E-state index < -0.39 is 20.0 Å². The van der Waals surface area contributed by atoms with E-state index in [1.807, 2.05) is 18.2 Å². The molecule has 0 unspecified atom stereocenters. The molecule has 0 aliphatic carbocycles. The second kappa shape index (κ2) is 9.44. The Labute approximate surface area is 193 Å². The molecule has 1 N–H and O–H groups in total. The molecular formula is C20H24ClN3O6S2. The van der Waals surface area contributed by atoms with Gasteiger partial charge in [0.15, 0.2) is 11.5 Å². The van der Waals surface area contributed by atoms with E-state index in [2.05, 4.69) is 9.62 Å². The van der Waals surface area contributed by atoms with Crippen LogP contribution in [0.2, 0.25) is 5.02 Å². The molecule has 2 aromatic rings. The summed E-state index contributed by atoms with van der Waals surface area (Å²) in [7, 11) is -7.49. The number of piperazine rings is 1. The van der Waals surface area contributed by atoms with Crippen molar-refractivity contribution in [3.05, 3.63) is 47.5 Å². The van der Waals surface area contributed by atoms with E-state index in [1.165, 1.54) is 22.5 Å². The summed E-state index contributed by atoms with van der Waals surface area (Å²) in [5, 5.41) is 0.628. The number of rotatable bonds is 7. The fourth-order valence-electron chi connectivity index (χ4n) is 3.61. The summed E-state index contributed by atoms with van der Waals surface area (Å²) in [6.45, 7) is 2.22. The third-order valence-electron chi connectivity index (χ3n) is 5.28. The van der Waals surface area contributed by atoms with Crippen LogP contribution in [0.25, 0.3) is 0 Å². The first-order valence-corrected chi connectivity index (χ1v) is 13.6. The van der Waals surface area contributed by atoms with E-state index >= 15 is 0 Å². The van der Waals surface area contributed by atoms with E-state index in [0.717, 1.165) is 5.69 Å². The molecule has 0 atom stereocenters. The zero-order valence-electron chi connectivity index (χ0n) is 17.2. The number of nitrogens with zero attached hydrogens (tertiary/aromatic N) is 2. The molecular weight excluding hydrogens is 478 g/mol. The lowest BCUT2D eigenvalue weighted by Gasteiger charge is -2.35. The maximum absolute atomic E-state index is 12.7. The zero-order chi connectivity index (χ0) is 22.8. The van der Waals surface area contributed by atoms with Gasteiger partial charge in [0.2, 0.25) is 20.0 Å². The Kier molecular flexibility index (Phi) is 6.82. The Morgan fingerprint density at radius 3 is 2.34 bits per heavy atom. The molecule has 2 heterocycles. The van der Waals surface area contributed by atoms with Gasteiger partial charge in [-0.2, -0.15) is 4.31 Å². The summed E-state index contributed by atoms with van der Waals surface area (Å²) in [5.41, 5.74) is 0.946. The molecule has 9 nitrogen and oxygen atoms in total. The topological polar surface area (TPSA) is 105 Å². The number of hydrogen-bond donors (Lipinski definition) is 1. The Bertz CT molecular complexity index is 1180. The second-order valence-electron chi connectivity index (χ2n) is 7.39. The van der Waals surface area contributed by atoms with Crippen LogP contribution in [0.4, 0.5) is 5.69 Å². The SMILES string of the molecule is O=S(=O)(NCCS(=O)(=O)N1CCN(c2cccc(Cl)c2)CC1)c1ccc2c(c1)OCCO2. The highest BCUT2D eigenvalue weighted by atomic mass is 35.5. The summed E-state index contributed by atoms with van der Waals surface area (Å²) in [5.74, 6) is 0.507. The van der Waals surface area contributed by atoms with Crippen LogP contribution in [0.15, 0.2) is 47.4 Å². The van der Waals surface area contributed by atoms with Gasteiger partial charge in [-0.25, -0.2) is 21.6 Å². The van der Waals surface area contributed by atoms with Gasteiger partial charge in [0.25, 0.3) is 0 Å². The fourth-order valence-corrected chi connectivity index (χ4v) is 6.30. The first-order valence-electron chi connectivity index (χ1n) is 10.1. The quantitative estimate of drug-likeness (QED) is 0.613. The van der Waals surface area contributed by atoms with Crippen LogP contribution in [0.3, 0.4) is 0 Å². The Morgan fingerprint density at radius 2 is 1.62 bits per heavy atom. The smallest absolute Gasteiger partial charge is 0.240 e. The molecule has 0 saturated carbocycles. The van der Waals surface area contributed by atoms with Gasteiger partial charge >= 0.3 is 0 Å². The first kappa shape index (κ1) is 23.1. The Morgan fingerprint density at radius 1 is 0.906 bits per heavy atom. The Balaban J connectivity index is 1.31. The zero-order valence-corrected chi connectivity index (χ0v) is 19.6. The van der Waals surface area contributed by atoms with Crippen molar-refractivity contribution in [3.8, 4) is 11.5 Å². The van der Waals surface area contributed by atoms with Crippen molar-refractivity contribution in [2.24, 2.45) is 0 Å². The van der Waals surface area contributed by atoms with E-state index in [1.54, 1.807) is 6.07 Å². The van der Waals surface area contributed by atoms with Gasteiger partial charge in [0.05, 0.1) is 10.6 Å². The average molecular weight is 502 g/mol. The molecule has 1 saturated heterocycles. The molecule has 2 aliphatic rings. The van der Waals surface area contributed by atoms with Gasteiger partial charge < -0.3 is 14.4 Å². The minimum atomic E-state index is -3.89. The van der Waals surface area contributed by atoms with Gasteiger partial charge in [-0.3, -0.25) is 0 Å². The van der Waals surface area contributed by atoms with Gasteiger partial charge in [-0.05, 0) is 30.3 Å². The van der Waals surface area contributed by atoms with Crippen LogP contribution in [0.1, 0.15) is 0 Å². The predicted molar refractivity (Wildman–Crippen MR) is 122 cm³/mol. The third kappa shape index (κ3) is 5.29. The molecule has 32 heavy (non-hydrogen) atoms. The van der Waals surface area contributed by atoms with Crippen molar-refractivity contribution in [3.63, 3.8) is 0 Å². The molecule has 2 aromatic carbocycles. The maximum Gasteiger partial charge on any atom is 0.240 e. The minimum Gasteiger partial charge on any atom is -0.486 e. The molecule has 0 bridgehead atoms. The molecule has 0 aromatic heterocycles. The standard InChI is InChI=1S/C20H24ClN3O6S2/c21-16-2-1-3-17(14-16)23-7-9-24(10-8-23)31(25,26)13-6-22-32(27,28)18-4-5-19-20(15-18)30-12-11-29-19/h1-5,14-15,22H,6-13H2. The summed E-state index contributed by atoms with van der Waals surface area (Å²) in [4.78, 5) is 2.07. The molecule has 1 fully saturated rings. The minimum absolute atomic E-state index is 0.00529. The van der Waals surface area contributed by atoms with Crippen molar-refractivity contribution in [1.82, 2.24) is 9.03 Å². The molecule has 0 amide bonds. The normalized spacial score (nSPS) is 17.3. The lowest BCUT2D eigenvalue weighted by molar-refractivity contribution is 0.171. The monoisotopic (exact) mass is 501 g/mol. The average Bonchev–Trinajstić information content (AvgIpc) is 2.78. The summed E-state index contributed by atoms with van der Waals surface area (Å²) >= 11 is 6.04. The highest BCUT2D eigenvalue weighted by Crippen LogP contribution is 2.32. The van der Waals surface area contributed by atoms with Crippen molar-refractivity contribution in [2.75, 3.05) is 56.6 Å². The number of fused-ring (bicyclic) bond motifs is 1. The van der Waals surface area contributed by atoms with Crippen LogP contribution < -0.4 is 19.1 Å². The van der Waals surface area contributed by atoms with E-state index in [9.17, 15) is 16.8 Å². The van der Waals surface area contributed by atoms with Gasteiger partial charge in [-0.1, -0.05) is 17.7 Å². The largest absolute Gasteiger partial charge is 0.486 e. The van der Waals surface area contributed by atoms with Crippen molar-refractivity contribution in [2.45, 2.75) is 4.90 Å². The summed E-state index contributed by atoms with van der Waals surface area (Å²) in [6, 6.07) is 11.7. The number of benzene rings is 2. The number of nitrogens with one attached hydrogen (secondary N) is 1. The van der Waals surface area contributed by atoms with Crippen LogP contribution in [0, 0.1) is 0 Å². The second-order valence-corrected chi connectivity index (χ2v) is 11.7. The van der Waals surface area contributed by atoms with Crippen molar-refractivity contribution in [1.29, 1.82) is 0 Å². The number of ether oxygens (including phenoxy) is 2. The number of anilines is 1. The summed E-state index contributed by atoms with van der Waals surface area (Å²) in [6.07, 6.45) is 0. The lowest BCUT2D eigenvalue weighted by Crippen LogP contribution is -2.50. The summed E-state index contributed by atoms with van der Waals surface area (Å²) < 4.78 is 65.1. The van der Waals surface area contributed by atoms with E-state index in [0.29, 0.717) is 55.9 Å². The predicted octanol–water partition coefficient (Wildman–Crippen LogP) is 1.54. The van der Waals surface area contributed by atoms with E-state index in [4.69, 9.17) is 21.1 Å². The molecule has 4 rings (SSSR count). The van der Waals surface area contributed by atoms with Crippen molar-refractivity contribution >= 4 is 37.3 Å². The van der Waals surface area contributed by atoms with Crippen LogP contribution in [0.5, 0.6) is 11.5 Å². The fraction of sp³-hybridized carbons (Fsp3) is 0.400. The van der Waals surface area contributed by atoms with Crippen LogP contribution >= 0.6 is 11.6 Å². The van der Waals surface area contributed by atoms with Gasteiger partial charge in [0.1, 0.15) is 13.2 Å². The number of halogens is 1. The molecule has 0 spiro atoms. The highest BCUT2D eigenvalue weighted by molar-refractivity contribution is 7.90. The van der Waals surface area contributed by atoms with E-state index in [-0.39, 0.29) is 17.2 Å². The third-order valence-corrected chi connectivity index (χ3v) is 8.85.